The first-order valence-electron chi connectivity index (χ1n) is 5.47. The second kappa shape index (κ2) is 5.18. The Hall–Kier alpha value is -0.790. The summed E-state index contributed by atoms with van der Waals surface area (Å²) in [4.78, 5) is 11.5. The van der Waals surface area contributed by atoms with Crippen LogP contribution in [0.5, 0.6) is 0 Å². The number of carbonyl (C=O) groups is 1. The van der Waals surface area contributed by atoms with Gasteiger partial charge in [0, 0.05) is 5.57 Å². The number of allylic oxidation sites excluding steroid dienone is 1. The van der Waals surface area contributed by atoms with Crippen LogP contribution in [0.15, 0.2) is 11.6 Å². The molecule has 2 nitrogen and oxygen atoms in total. The summed E-state index contributed by atoms with van der Waals surface area (Å²) in [7, 11) is 0. The molecule has 2 heteroatoms. The molecule has 0 bridgehead atoms. The van der Waals surface area contributed by atoms with Crippen LogP contribution < -0.4 is 0 Å². The SMILES string of the molecule is CC=C(C)C(=O)OC1CCCC(C)C1. The van der Waals surface area contributed by atoms with Crippen molar-refractivity contribution in [3.63, 3.8) is 0 Å². The van der Waals surface area contributed by atoms with Crippen LogP contribution in [0.1, 0.15) is 46.5 Å². The standard InChI is InChI=1S/C12H20O2/c1-4-10(3)12(13)14-11-7-5-6-9(2)8-11/h4,9,11H,5-8H2,1-3H3. The summed E-state index contributed by atoms with van der Waals surface area (Å²) < 4.78 is 5.41. The highest BCUT2D eigenvalue weighted by Gasteiger charge is 2.22. The van der Waals surface area contributed by atoms with E-state index in [0.29, 0.717) is 11.5 Å². The first-order valence-corrected chi connectivity index (χ1v) is 5.47. The zero-order valence-corrected chi connectivity index (χ0v) is 9.38. The van der Waals surface area contributed by atoms with Gasteiger partial charge in [0.1, 0.15) is 6.10 Å². The van der Waals surface area contributed by atoms with E-state index in [0.717, 1.165) is 12.8 Å². The predicted octanol–water partition coefficient (Wildman–Crippen LogP) is 3.07. The van der Waals surface area contributed by atoms with Gasteiger partial charge in [-0.05, 0) is 39.0 Å². The van der Waals surface area contributed by atoms with Crippen LogP contribution in [0.4, 0.5) is 0 Å². The van der Waals surface area contributed by atoms with Crippen molar-refractivity contribution >= 4 is 5.97 Å². The number of hydrogen-bond donors (Lipinski definition) is 0. The molecule has 0 aliphatic heterocycles. The molecule has 1 rings (SSSR count). The van der Waals surface area contributed by atoms with Gasteiger partial charge in [-0.1, -0.05) is 19.4 Å². The summed E-state index contributed by atoms with van der Waals surface area (Å²) in [5.41, 5.74) is 0.711. The van der Waals surface area contributed by atoms with Crippen molar-refractivity contribution in [1.82, 2.24) is 0 Å². The van der Waals surface area contributed by atoms with Gasteiger partial charge in [-0.15, -0.1) is 0 Å². The second-order valence-corrected chi connectivity index (χ2v) is 4.27. The summed E-state index contributed by atoms with van der Waals surface area (Å²) in [6.07, 6.45) is 6.48. The van der Waals surface area contributed by atoms with Crippen LogP contribution in [0.2, 0.25) is 0 Å². The number of hydrogen-bond acceptors (Lipinski definition) is 2. The molecule has 1 fully saturated rings. The molecule has 0 N–H and O–H groups in total. The van der Waals surface area contributed by atoms with E-state index in [2.05, 4.69) is 6.92 Å². The lowest BCUT2D eigenvalue weighted by Gasteiger charge is -2.26. The van der Waals surface area contributed by atoms with Crippen molar-refractivity contribution < 1.29 is 9.53 Å². The Labute approximate surface area is 86.3 Å². The summed E-state index contributed by atoms with van der Waals surface area (Å²) in [5.74, 6) is 0.555. The summed E-state index contributed by atoms with van der Waals surface area (Å²) in [5, 5.41) is 0. The van der Waals surface area contributed by atoms with E-state index in [1.165, 1.54) is 12.8 Å². The maximum absolute atomic E-state index is 11.5. The van der Waals surface area contributed by atoms with Crippen LogP contribution >= 0.6 is 0 Å². The van der Waals surface area contributed by atoms with Crippen molar-refractivity contribution in [1.29, 1.82) is 0 Å². The van der Waals surface area contributed by atoms with Gasteiger partial charge in [0.2, 0.25) is 0 Å². The highest BCUT2D eigenvalue weighted by molar-refractivity contribution is 5.87. The topological polar surface area (TPSA) is 26.3 Å². The van der Waals surface area contributed by atoms with E-state index in [4.69, 9.17) is 4.74 Å². The molecule has 0 saturated heterocycles. The average Bonchev–Trinajstić information content (AvgIpc) is 2.16. The quantitative estimate of drug-likeness (QED) is 0.501. The van der Waals surface area contributed by atoms with E-state index in [1.807, 2.05) is 6.92 Å². The fourth-order valence-corrected chi connectivity index (χ4v) is 1.85. The molecule has 1 aliphatic rings. The number of carbonyl (C=O) groups excluding carboxylic acids is 1. The molecular weight excluding hydrogens is 176 g/mol. The van der Waals surface area contributed by atoms with Crippen molar-refractivity contribution in [2.24, 2.45) is 5.92 Å². The molecule has 0 amide bonds. The normalized spacial score (nSPS) is 28.6. The minimum absolute atomic E-state index is 0.147. The molecule has 0 aromatic rings. The van der Waals surface area contributed by atoms with Crippen LogP contribution in [-0.4, -0.2) is 12.1 Å². The van der Waals surface area contributed by atoms with Crippen LogP contribution in [-0.2, 0) is 9.53 Å². The van der Waals surface area contributed by atoms with Crippen LogP contribution in [0.3, 0.4) is 0 Å². The van der Waals surface area contributed by atoms with Gasteiger partial charge in [0.05, 0.1) is 0 Å². The largest absolute Gasteiger partial charge is 0.459 e. The van der Waals surface area contributed by atoms with Crippen molar-refractivity contribution in [3.8, 4) is 0 Å². The summed E-state index contributed by atoms with van der Waals surface area (Å²) in [6.45, 7) is 5.89. The highest BCUT2D eigenvalue weighted by atomic mass is 16.5. The first kappa shape index (κ1) is 11.3. The fraction of sp³-hybridized carbons (Fsp3) is 0.750. The zero-order chi connectivity index (χ0) is 10.6. The van der Waals surface area contributed by atoms with E-state index >= 15 is 0 Å². The van der Waals surface area contributed by atoms with Crippen molar-refractivity contribution in [2.75, 3.05) is 0 Å². The zero-order valence-electron chi connectivity index (χ0n) is 9.38. The van der Waals surface area contributed by atoms with Gasteiger partial charge in [0.15, 0.2) is 0 Å². The first-order chi connectivity index (χ1) is 6.63. The van der Waals surface area contributed by atoms with E-state index in [9.17, 15) is 4.79 Å². The third-order valence-corrected chi connectivity index (χ3v) is 2.92. The van der Waals surface area contributed by atoms with Gasteiger partial charge in [-0.25, -0.2) is 4.79 Å². The minimum Gasteiger partial charge on any atom is -0.459 e. The molecular formula is C12H20O2. The number of esters is 1. The summed E-state index contributed by atoms with van der Waals surface area (Å²) in [6, 6.07) is 0. The molecule has 2 unspecified atom stereocenters. The lowest BCUT2D eigenvalue weighted by Crippen LogP contribution is -2.24. The maximum atomic E-state index is 11.5. The van der Waals surface area contributed by atoms with Gasteiger partial charge in [0.25, 0.3) is 0 Å². The molecule has 0 aromatic heterocycles. The highest BCUT2D eigenvalue weighted by Crippen LogP contribution is 2.26. The van der Waals surface area contributed by atoms with Gasteiger partial charge >= 0.3 is 5.97 Å². The molecule has 0 aromatic carbocycles. The van der Waals surface area contributed by atoms with Crippen LogP contribution in [0, 0.1) is 5.92 Å². The fourth-order valence-electron chi connectivity index (χ4n) is 1.85. The molecule has 1 saturated carbocycles. The average molecular weight is 196 g/mol. The number of ether oxygens (including phenoxy) is 1. The Morgan fingerprint density at radius 2 is 2.14 bits per heavy atom. The van der Waals surface area contributed by atoms with E-state index in [1.54, 1.807) is 13.0 Å². The monoisotopic (exact) mass is 196 g/mol. The second-order valence-electron chi connectivity index (χ2n) is 4.27. The molecule has 1 aliphatic carbocycles. The molecule has 0 radical (unpaired) electrons. The Morgan fingerprint density at radius 3 is 2.71 bits per heavy atom. The third-order valence-electron chi connectivity index (χ3n) is 2.92. The predicted molar refractivity (Wildman–Crippen MR) is 56.9 cm³/mol. The van der Waals surface area contributed by atoms with Gasteiger partial charge < -0.3 is 4.74 Å². The van der Waals surface area contributed by atoms with E-state index < -0.39 is 0 Å². The Balaban J connectivity index is 2.40. The van der Waals surface area contributed by atoms with Crippen LogP contribution in [0.25, 0.3) is 0 Å². The van der Waals surface area contributed by atoms with Crippen molar-refractivity contribution in [3.05, 3.63) is 11.6 Å². The maximum Gasteiger partial charge on any atom is 0.333 e. The van der Waals surface area contributed by atoms with Gasteiger partial charge in [-0.2, -0.15) is 0 Å². The van der Waals surface area contributed by atoms with Gasteiger partial charge in [-0.3, -0.25) is 0 Å². The minimum atomic E-state index is -0.147. The lowest BCUT2D eigenvalue weighted by molar-refractivity contribution is -0.146. The lowest BCUT2D eigenvalue weighted by atomic mass is 9.89. The van der Waals surface area contributed by atoms with Crippen molar-refractivity contribution in [2.45, 2.75) is 52.6 Å². The Kier molecular flexibility index (Phi) is 4.18. The molecule has 14 heavy (non-hydrogen) atoms. The Bertz CT molecular complexity index is 230. The van der Waals surface area contributed by atoms with E-state index in [-0.39, 0.29) is 12.1 Å². The molecule has 80 valence electrons. The molecule has 0 heterocycles. The third kappa shape index (κ3) is 3.17. The number of rotatable bonds is 2. The smallest absolute Gasteiger partial charge is 0.333 e. The summed E-state index contributed by atoms with van der Waals surface area (Å²) >= 11 is 0. The molecule has 0 spiro atoms. The molecule has 2 atom stereocenters. The Morgan fingerprint density at radius 1 is 1.43 bits per heavy atom.